The van der Waals surface area contributed by atoms with E-state index in [0.717, 1.165) is 5.52 Å². The molecule has 122 valence electrons. The Morgan fingerprint density at radius 3 is 2.52 bits per heavy atom. The molecule has 5 heteroatoms. The van der Waals surface area contributed by atoms with Crippen molar-refractivity contribution in [3.05, 3.63) is 88.3 Å². The fourth-order valence-electron chi connectivity index (χ4n) is 2.83. The number of para-hydroxylation sites is 1. The summed E-state index contributed by atoms with van der Waals surface area (Å²) in [5.74, 6) is -0.834. The number of pyridine rings is 1. The van der Waals surface area contributed by atoms with Crippen molar-refractivity contribution in [3.63, 3.8) is 0 Å². The number of carbonyl (C=O) groups excluding carboxylic acids is 1. The molecule has 0 radical (unpaired) electrons. The average Bonchev–Trinajstić information content (AvgIpc) is 2.62. The van der Waals surface area contributed by atoms with E-state index in [1.54, 1.807) is 36.4 Å². The standard InChI is InChI=1S/C20H13FN2O2/c21-13-4-3-5-14(11-13)22-20(25)12-8-9-18-16(10-12)19(24)15-6-1-2-7-17(15)23-18/h1-11H,(H,22,25)(H,23,24). The summed E-state index contributed by atoms with van der Waals surface area (Å²) >= 11 is 0. The third-order valence-electron chi connectivity index (χ3n) is 4.05. The van der Waals surface area contributed by atoms with E-state index in [4.69, 9.17) is 0 Å². The Balaban J connectivity index is 1.78. The van der Waals surface area contributed by atoms with Crippen molar-refractivity contribution in [2.75, 3.05) is 5.32 Å². The second-order valence-electron chi connectivity index (χ2n) is 5.72. The first kappa shape index (κ1) is 15.1. The van der Waals surface area contributed by atoms with Crippen molar-refractivity contribution in [1.82, 2.24) is 4.98 Å². The number of halogens is 1. The van der Waals surface area contributed by atoms with Crippen molar-refractivity contribution in [3.8, 4) is 0 Å². The maximum atomic E-state index is 13.2. The molecule has 4 nitrogen and oxygen atoms in total. The number of H-pyrrole nitrogens is 1. The van der Waals surface area contributed by atoms with Crippen LogP contribution in [0.3, 0.4) is 0 Å². The number of hydrogen-bond donors (Lipinski definition) is 2. The fraction of sp³-hybridized carbons (Fsp3) is 0. The van der Waals surface area contributed by atoms with Gasteiger partial charge in [0.2, 0.25) is 0 Å². The molecule has 1 amide bonds. The summed E-state index contributed by atoms with van der Waals surface area (Å²) in [4.78, 5) is 28.3. The predicted molar refractivity (Wildman–Crippen MR) is 96.4 cm³/mol. The van der Waals surface area contributed by atoms with Gasteiger partial charge in [-0.1, -0.05) is 18.2 Å². The molecule has 3 aromatic carbocycles. The van der Waals surface area contributed by atoms with Crippen LogP contribution >= 0.6 is 0 Å². The van der Waals surface area contributed by atoms with Gasteiger partial charge in [-0.3, -0.25) is 9.59 Å². The van der Waals surface area contributed by atoms with Crippen LogP contribution in [0.1, 0.15) is 10.4 Å². The Hall–Kier alpha value is -3.47. The molecule has 0 aliphatic carbocycles. The average molecular weight is 332 g/mol. The number of benzene rings is 3. The van der Waals surface area contributed by atoms with Gasteiger partial charge < -0.3 is 10.3 Å². The largest absolute Gasteiger partial charge is 0.354 e. The molecule has 0 unspecified atom stereocenters. The number of anilines is 1. The number of nitrogens with one attached hydrogen (secondary N) is 2. The van der Waals surface area contributed by atoms with Crippen LogP contribution in [0, 0.1) is 5.82 Å². The highest BCUT2D eigenvalue weighted by atomic mass is 19.1. The van der Waals surface area contributed by atoms with Crippen LogP contribution < -0.4 is 10.7 Å². The quantitative estimate of drug-likeness (QED) is 0.544. The Kier molecular flexibility index (Phi) is 3.54. The van der Waals surface area contributed by atoms with Gasteiger partial charge in [0.15, 0.2) is 5.43 Å². The molecular formula is C20H13FN2O2. The number of fused-ring (bicyclic) bond motifs is 2. The van der Waals surface area contributed by atoms with Crippen molar-refractivity contribution in [2.24, 2.45) is 0 Å². The molecule has 0 spiro atoms. The van der Waals surface area contributed by atoms with E-state index in [-0.39, 0.29) is 5.43 Å². The van der Waals surface area contributed by atoms with Crippen molar-refractivity contribution in [2.45, 2.75) is 0 Å². The van der Waals surface area contributed by atoms with Gasteiger partial charge in [0, 0.05) is 33.1 Å². The lowest BCUT2D eigenvalue weighted by atomic mass is 10.1. The summed E-state index contributed by atoms with van der Waals surface area (Å²) in [7, 11) is 0. The number of amides is 1. The number of hydrogen-bond acceptors (Lipinski definition) is 2. The molecular weight excluding hydrogens is 319 g/mol. The van der Waals surface area contributed by atoms with Crippen LogP contribution in [0.4, 0.5) is 10.1 Å². The highest BCUT2D eigenvalue weighted by Gasteiger charge is 2.11. The summed E-state index contributed by atoms with van der Waals surface area (Å²) in [5.41, 5.74) is 1.96. The van der Waals surface area contributed by atoms with Gasteiger partial charge >= 0.3 is 0 Å². The Labute approximate surface area is 141 Å². The first-order valence-corrected chi connectivity index (χ1v) is 7.73. The lowest BCUT2D eigenvalue weighted by Gasteiger charge is -2.07. The summed E-state index contributed by atoms with van der Waals surface area (Å²) in [5, 5.41) is 3.63. The van der Waals surface area contributed by atoms with E-state index in [1.807, 2.05) is 12.1 Å². The Bertz CT molecular complexity index is 1180. The van der Waals surface area contributed by atoms with Crippen LogP contribution in [-0.4, -0.2) is 10.9 Å². The molecule has 0 atom stereocenters. The molecule has 1 heterocycles. The maximum absolute atomic E-state index is 13.2. The summed E-state index contributed by atoms with van der Waals surface area (Å²) in [6.07, 6.45) is 0. The molecule has 0 bridgehead atoms. The summed E-state index contributed by atoms with van der Waals surface area (Å²) in [6, 6.07) is 17.8. The lowest BCUT2D eigenvalue weighted by Crippen LogP contribution is -2.13. The topological polar surface area (TPSA) is 62.0 Å². The van der Waals surface area contributed by atoms with Crippen molar-refractivity contribution in [1.29, 1.82) is 0 Å². The van der Waals surface area contributed by atoms with Crippen LogP contribution in [0.15, 0.2) is 71.5 Å². The van der Waals surface area contributed by atoms with Crippen molar-refractivity contribution >= 4 is 33.4 Å². The minimum absolute atomic E-state index is 0.134. The molecule has 4 aromatic rings. The SMILES string of the molecule is O=C(Nc1cccc(F)c1)c1ccc2[nH]c3ccccc3c(=O)c2c1. The molecule has 0 fully saturated rings. The normalized spacial score (nSPS) is 10.9. The zero-order valence-electron chi connectivity index (χ0n) is 13.0. The van der Waals surface area contributed by atoms with Crippen LogP contribution in [-0.2, 0) is 0 Å². The van der Waals surface area contributed by atoms with Gasteiger partial charge in [-0.25, -0.2) is 4.39 Å². The molecule has 0 aliphatic rings. The third-order valence-corrected chi connectivity index (χ3v) is 4.05. The number of carbonyl (C=O) groups is 1. The third kappa shape index (κ3) is 2.76. The lowest BCUT2D eigenvalue weighted by molar-refractivity contribution is 0.102. The Morgan fingerprint density at radius 1 is 0.880 bits per heavy atom. The van der Waals surface area contributed by atoms with Gasteiger partial charge in [0.05, 0.1) is 0 Å². The maximum Gasteiger partial charge on any atom is 0.255 e. The first-order valence-electron chi connectivity index (χ1n) is 7.73. The van der Waals surface area contributed by atoms with E-state index >= 15 is 0 Å². The molecule has 0 saturated heterocycles. The van der Waals surface area contributed by atoms with Gasteiger partial charge in [-0.05, 0) is 48.5 Å². The van der Waals surface area contributed by atoms with Crippen LogP contribution in [0.5, 0.6) is 0 Å². The minimum atomic E-state index is -0.431. The highest BCUT2D eigenvalue weighted by Crippen LogP contribution is 2.17. The van der Waals surface area contributed by atoms with E-state index < -0.39 is 11.7 Å². The highest BCUT2D eigenvalue weighted by molar-refractivity contribution is 6.06. The smallest absolute Gasteiger partial charge is 0.255 e. The second kappa shape index (κ2) is 5.87. The zero-order chi connectivity index (χ0) is 17.4. The predicted octanol–water partition coefficient (Wildman–Crippen LogP) is 4.07. The fourth-order valence-corrected chi connectivity index (χ4v) is 2.83. The van der Waals surface area contributed by atoms with E-state index in [2.05, 4.69) is 10.3 Å². The molecule has 4 rings (SSSR count). The first-order chi connectivity index (χ1) is 12.1. The molecule has 0 saturated carbocycles. The van der Waals surface area contributed by atoms with Gasteiger partial charge in [0.1, 0.15) is 5.82 Å². The van der Waals surface area contributed by atoms with Crippen molar-refractivity contribution < 1.29 is 9.18 Å². The second-order valence-corrected chi connectivity index (χ2v) is 5.72. The van der Waals surface area contributed by atoms with Gasteiger partial charge in [-0.15, -0.1) is 0 Å². The Morgan fingerprint density at radius 2 is 1.68 bits per heavy atom. The summed E-state index contributed by atoms with van der Waals surface area (Å²) in [6.45, 7) is 0. The monoisotopic (exact) mass is 332 g/mol. The van der Waals surface area contributed by atoms with E-state index in [0.29, 0.717) is 27.5 Å². The van der Waals surface area contributed by atoms with E-state index in [9.17, 15) is 14.0 Å². The molecule has 2 N–H and O–H groups in total. The number of aromatic nitrogens is 1. The molecule has 1 aromatic heterocycles. The molecule has 25 heavy (non-hydrogen) atoms. The van der Waals surface area contributed by atoms with Crippen LogP contribution in [0.2, 0.25) is 0 Å². The van der Waals surface area contributed by atoms with Crippen LogP contribution in [0.25, 0.3) is 21.8 Å². The van der Waals surface area contributed by atoms with Gasteiger partial charge in [-0.2, -0.15) is 0 Å². The number of aromatic amines is 1. The summed E-state index contributed by atoms with van der Waals surface area (Å²) < 4.78 is 13.2. The molecule has 0 aliphatic heterocycles. The minimum Gasteiger partial charge on any atom is -0.354 e. The van der Waals surface area contributed by atoms with Gasteiger partial charge in [0.25, 0.3) is 5.91 Å². The van der Waals surface area contributed by atoms with E-state index in [1.165, 1.54) is 18.2 Å². The number of rotatable bonds is 2. The zero-order valence-corrected chi connectivity index (χ0v) is 13.0.